The van der Waals surface area contributed by atoms with E-state index in [1.165, 1.54) is 10.7 Å². The van der Waals surface area contributed by atoms with Gasteiger partial charge in [-0.15, -0.1) is 0 Å². The number of rotatable bonds is 6. The van der Waals surface area contributed by atoms with Gasteiger partial charge in [0, 0.05) is 34.3 Å². The number of phenolic OH excluding ortho intramolecular Hbond substituents is 1. The topological polar surface area (TPSA) is 96.2 Å². The Labute approximate surface area is 226 Å². The Morgan fingerprint density at radius 1 is 1.03 bits per heavy atom. The minimum Gasteiger partial charge on any atom is -0.507 e. The zero-order valence-electron chi connectivity index (χ0n) is 21.1. The van der Waals surface area contributed by atoms with Gasteiger partial charge >= 0.3 is 6.03 Å². The smallest absolute Gasteiger partial charge is 0.342 e. The van der Waals surface area contributed by atoms with Crippen molar-refractivity contribution in [1.29, 1.82) is 0 Å². The molecular weight excluding hydrogens is 500 g/mol. The van der Waals surface area contributed by atoms with Gasteiger partial charge in [0.25, 0.3) is 5.91 Å². The van der Waals surface area contributed by atoms with Crippen LogP contribution >= 0.6 is 11.6 Å². The normalized spacial score (nSPS) is 13.4. The summed E-state index contributed by atoms with van der Waals surface area (Å²) >= 11 is 6.26. The number of aromatic nitrogens is 2. The summed E-state index contributed by atoms with van der Waals surface area (Å²) in [6.07, 6.45) is 4.14. The van der Waals surface area contributed by atoms with Crippen LogP contribution in [0.5, 0.6) is 5.75 Å². The highest BCUT2D eigenvalue weighted by Crippen LogP contribution is 2.38. The standard InChI is InChI=1S/C30H29ClN4O3/c1-19-8-2-6-12-23(19)29(37)33-22-14-15-28(36)24(16-22)26-17-27(20-9-3-4-10-20)35(34-26)30(38)32-18-21-11-5-7-13-25(21)31/h2,5-8,11-17,20,36H,3-4,9-10,18H2,1H3,(H,32,38)(H,33,37). The number of nitrogens with zero attached hydrogens (tertiary/aromatic N) is 2. The largest absolute Gasteiger partial charge is 0.507 e. The molecule has 3 aromatic carbocycles. The molecule has 5 rings (SSSR count). The number of carbonyl (C=O) groups is 2. The van der Waals surface area contributed by atoms with Crippen molar-refractivity contribution in [3.63, 3.8) is 0 Å². The summed E-state index contributed by atoms with van der Waals surface area (Å²) in [4.78, 5) is 26.1. The van der Waals surface area contributed by atoms with Crippen LogP contribution < -0.4 is 10.6 Å². The molecule has 0 radical (unpaired) electrons. The molecule has 0 spiro atoms. The summed E-state index contributed by atoms with van der Waals surface area (Å²) in [5.41, 5.74) is 4.48. The van der Waals surface area contributed by atoms with Gasteiger partial charge in [-0.2, -0.15) is 9.78 Å². The Balaban J connectivity index is 1.43. The zero-order valence-corrected chi connectivity index (χ0v) is 21.8. The Kier molecular flexibility index (Phi) is 7.47. The first kappa shape index (κ1) is 25.5. The quantitative estimate of drug-likeness (QED) is 0.237. The maximum atomic E-state index is 13.3. The van der Waals surface area contributed by atoms with Crippen molar-refractivity contribution >= 4 is 29.2 Å². The molecule has 1 aromatic heterocycles. The molecule has 1 fully saturated rings. The third kappa shape index (κ3) is 5.43. The number of amides is 2. The van der Waals surface area contributed by atoms with Crippen molar-refractivity contribution in [3.05, 3.63) is 100 Å². The number of halogens is 1. The highest BCUT2D eigenvalue weighted by molar-refractivity contribution is 6.31. The van der Waals surface area contributed by atoms with Crippen molar-refractivity contribution in [1.82, 2.24) is 15.1 Å². The Bertz CT molecular complexity index is 1490. The van der Waals surface area contributed by atoms with Crippen LogP contribution in [-0.4, -0.2) is 26.8 Å². The van der Waals surface area contributed by atoms with Crippen LogP contribution in [0.2, 0.25) is 5.02 Å². The van der Waals surface area contributed by atoms with Crippen LogP contribution in [0, 0.1) is 6.92 Å². The molecular formula is C30H29ClN4O3. The first-order valence-corrected chi connectivity index (χ1v) is 13.1. The lowest BCUT2D eigenvalue weighted by Gasteiger charge is -2.12. The molecule has 8 heteroatoms. The molecule has 1 saturated carbocycles. The van der Waals surface area contributed by atoms with E-state index in [1.54, 1.807) is 24.3 Å². The van der Waals surface area contributed by atoms with Crippen molar-refractivity contribution in [2.24, 2.45) is 0 Å². The van der Waals surface area contributed by atoms with Crippen molar-refractivity contribution in [3.8, 4) is 17.0 Å². The van der Waals surface area contributed by atoms with Crippen LogP contribution in [0.25, 0.3) is 11.3 Å². The monoisotopic (exact) mass is 528 g/mol. The number of phenols is 1. The summed E-state index contributed by atoms with van der Waals surface area (Å²) in [6.45, 7) is 2.15. The van der Waals surface area contributed by atoms with Crippen LogP contribution in [0.1, 0.15) is 58.8 Å². The molecule has 0 saturated heterocycles. The lowest BCUT2D eigenvalue weighted by atomic mass is 10.0. The molecule has 3 N–H and O–H groups in total. The predicted molar refractivity (Wildman–Crippen MR) is 149 cm³/mol. The number of aromatic hydroxyl groups is 1. The second kappa shape index (κ2) is 11.1. The number of carbonyl (C=O) groups excluding carboxylic acids is 2. The summed E-state index contributed by atoms with van der Waals surface area (Å²) in [5.74, 6) is -0.0257. The number of hydrogen-bond acceptors (Lipinski definition) is 4. The molecule has 38 heavy (non-hydrogen) atoms. The van der Waals surface area contributed by atoms with Crippen LogP contribution in [0.4, 0.5) is 10.5 Å². The molecule has 194 valence electrons. The van der Waals surface area contributed by atoms with Crippen LogP contribution in [0.15, 0.2) is 72.8 Å². The zero-order chi connectivity index (χ0) is 26.6. The van der Waals surface area contributed by atoms with Gasteiger partial charge in [-0.25, -0.2) is 4.79 Å². The SMILES string of the molecule is Cc1ccccc1C(=O)Nc1ccc(O)c(-c2cc(C3CCCC3)n(C(=O)NCc3ccccc3Cl)n2)c1. The lowest BCUT2D eigenvalue weighted by molar-refractivity contribution is 0.102. The number of nitrogens with one attached hydrogen (secondary N) is 2. The van der Waals surface area contributed by atoms with Gasteiger partial charge in [-0.3, -0.25) is 4.79 Å². The fraction of sp³-hybridized carbons (Fsp3) is 0.233. The van der Waals surface area contributed by atoms with Crippen molar-refractivity contribution in [2.75, 3.05) is 5.32 Å². The fourth-order valence-corrected chi connectivity index (χ4v) is 5.14. The van der Waals surface area contributed by atoms with E-state index in [4.69, 9.17) is 11.6 Å². The van der Waals surface area contributed by atoms with Crippen molar-refractivity contribution < 1.29 is 14.7 Å². The molecule has 1 heterocycles. The first-order chi connectivity index (χ1) is 18.4. The van der Waals surface area contributed by atoms with Crippen LogP contribution in [0.3, 0.4) is 0 Å². The molecule has 0 unspecified atom stereocenters. The van der Waals surface area contributed by atoms with E-state index in [2.05, 4.69) is 15.7 Å². The lowest BCUT2D eigenvalue weighted by Crippen LogP contribution is -2.30. The van der Waals surface area contributed by atoms with E-state index in [-0.39, 0.29) is 30.2 Å². The number of hydrogen-bond donors (Lipinski definition) is 3. The maximum absolute atomic E-state index is 13.3. The highest BCUT2D eigenvalue weighted by Gasteiger charge is 2.26. The Hall–Kier alpha value is -4.10. The van der Waals surface area contributed by atoms with Gasteiger partial charge in [-0.05, 0) is 67.3 Å². The Morgan fingerprint density at radius 3 is 2.53 bits per heavy atom. The molecule has 1 aliphatic rings. The minimum atomic E-state index is -0.360. The molecule has 0 aliphatic heterocycles. The summed E-state index contributed by atoms with van der Waals surface area (Å²) in [6, 6.07) is 21.1. The van der Waals surface area contributed by atoms with E-state index in [0.29, 0.717) is 27.5 Å². The third-order valence-corrected chi connectivity index (χ3v) is 7.38. The molecule has 2 amide bonds. The first-order valence-electron chi connectivity index (χ1n) is 12.7. The van der Waals surface area contributed by atoms with E-state index in [9.17, 15) is 14.7 Å². The van der Waals surface area contributed by atoms with E-state index < -0.39 is 0 Å². The van der Waals surface area contributed by atoms with Gasteiger partial charge in [0.05, 0.1) is 11.4 Å². The second-order valence-electron chi connectivity index (χ2n) is 9.60. The fourth-order valence-electron chi connectivity index (χ4n) is 4.93. The number of benzene rings is 3. The summed E-state index contributed by atoms with van der Waals surface area (Å²) in [5, 5.41) is 21.7. The average Bonchev–Trinajstić information content (AvgIpc) is 3.60. The molecule has 0 atom stereocenters. The van der Waals surface area contributed by atoms with Gasteiger partial charge in [0.15, 0.2) is 0 Å². The summed E-state index contributed by atoms with van der Waals surface area (Å²) < 4.78 is 1.40. The van der Waals surface area contributed by atoms with Gasteiger partial charge < -0.3 is 15.7 Å². The van der Waals surface area contributed by atoms with Crippen molar-refractivity contribution in [2.45, 2.75) is 45.1 Å². The molecule has 0 bridgehead atoms. The minimum absolute atomic E-state index is 0.0120. The maximum Gasteiger partial charge on any atom is 0.342 e. The number of anilines is 1. The molecule has 4 aromatic rings. The van der Waals surface area contributed by atoms with E-state index in [1.807, 2.05) is 49.4 Å². The summed E-state index contributed by atoms with van der Waals surface area (Å²) in [7, 11) is 0. The van der Waals surface area contributed by atoms with Gasteiger partial charge in [0.2, 0.25) is 0 Å². The van der Waals surface area contributed by atoms with E-state index >= 15 is 0 Å². The average molecular weight is 529 g/mol. The molecule has 1 aliphatic carbocycles. The number of aryl methyl sites for hydroxylation is 1. The van der Waals surface area contributed by atoms with Gasteiger partial charge in [0.1, 0.15) is 5.75 Å². The van der Waals surface area contributed by atoms with Crippen LogP contribution in [-0.2, 0) is 6.54 Å². The molecule has 7 nitrogen and oxygen atoms in total. The van der Waals surface area contributed by atoms with Gasteiger partial charge in [-0.1, -0.05) is 60.8 Å². The predicted octanol–water partition coefficient (Wildman–Crippen LogP) is 6.89. The van der Waals surface area contributed by atoms with E-state index in [0.717, 1.165) is 42.5 Å². The Morgan fingerprint density at radius 2 is 1.76 bits per heavy atom. The third-order valence-electron chi connectivity index (χ3n) is 7.01. The highest BCUT2D eigenvalue weighted by atomic mass is 35.5. The second-order valence-corrected chi connectivity index (χ2v) is 10.0.